The van der Waals surface area contributed by atoms with E-state index in [1.807, 2.05) is 0 Å². The fourth-order valence-electron chi connectivity index (χ4n) is 2.14. The highest BCUT2D eigenvalue weighted by atomic mass is 32.2. The van der Waals surface area contributed by atoms with Crippen LogP contribution in [-0.2, 0) is 21.4 Å². The fraction of sp³-hybridized carbons (Fsp3) is 0.316. The summed E-state index contributed by atoms with van der Waals surface area (Å²) in [4.78, 5) is 11.9. The third kappa shape index (κ3) is 6.50. The van der Waals surface area contributed by atoms with Crippen LogP contribution in [0, 0.1) is 5.92 Å². The number of rotatable bonds is 9. The molecule has 2 aromatic rings. The molecule has 0 spiro atoms. The summed E-state index contributed by atoms with van der Waals surface area (Å²) in [5.41, 5.74) is 0.744. The first-order valence-electron chi connectivity index (χ1n) is 8.45. The first kappa shape index (κ1) is 19.9. The molecule has 7 heteroatoms. The van der Waals surface area contributed by atoms with Crippen LogP contribution in [0.4, 0.5) is 0 Å². The quantitative estimate of drug-likeness (QED) is 0.659. The summed E-state index contributed by atoms with van der Waals surface area (Å²) in [6.45, 7) is 4.93. The zero-order chi connectivity index (χ0) is 19.0. The maximum absolute atomic E-state index is 12.2. The van der Waals surface area contributed by atoms with Gasteiger partial charge in [-0.3, -0.25) is 4.79 Å². The number of furan rings is 1. The van der Waals surface area contributed by atoms with Gasteiger partial charge >= 0.3 is 0 Å². The second-order valence-electron chi connectivity index (χ2n) is 6.28. The smallest absolute Gasteiger partial charge is 0.243 e. The molecule has 0 aliphatic carbocycles. The lowest BCUT2D eigenvalue weighted by molar-refractivity contribution is -0.116. The summed E-state index contributed by atoms with van der Waals surface area (Å²) >= 11 is 0. The lowest BCUT2D eigenvalue weighted by atomic mass is 10.1. The number of hydrogen-bond donors (Lipinski definition) is 2. The van der Waals surface area contributed by atoms with Gasteiger partial charge in [-0.25, -0.2) is 13.1 Å². The minimum atomic E-state index is -3.62. The molecule has 1 aromatic carbocycles. The van der Waals surface area contributed by atoms with Crippen molar-refractivity contribution in [3.63, 3.8) is 0 Å². The molecule has 0 bridgehead atoms. The van der Waals surface area contributed by atoms with Crippen LogP contribution in [0.3, 0.4) is 0 Å². The van der Waals surface area contributed by atoms with Crippen LogP contribution in [0.15, 0.2) is 58.1 Å². The van der Waals surface area contributed by atoms with Crippen molar-refractivity contribution in [3.05, 3.63) is 60.1 Å². The zero-order valence-corrected chi connectivity index (χ0v) is 15.8. The Morgan fingerprint density at radius 2 is 1.92 bits per heavy atom. The highest BCUT2D eigenvalue weighted by molar-refractivity contribution is 7.89. The minimum absolute atomic E-state index is 0.0908. The van der Waals surface area contributed by atoms with Crippen LogP contribution in [0.5, 0.6) is 0 Å². The highest BCUT2D eigenvalue weighted by Gasteiger charge is 2.13. The zero-order valence-electron chi connectivity index (χ0n) is 14.9. The van der Waals surface area contributed by atoms with Gasteiger partial charge in [0.15, 0.2) is 0 Å². The SMILES string of the molecule is CC(C)CCNC(=O)C=Cc1ccc(S(=O)(=O)NCc2ccco2)cc1. The lowest BCUT2D eigenvalue weighted by Gasteiger charge is -2.06. The molecular formula is C19H24N2O4S. The highest BCUT2D eigenvalue weighted by Crippen LogP contribution is 2.12. The van der Waals surface area contributed by atoms with Gasteiger partial charge in [0.2, 0.25) is 15.9 Å². The molecule has 0 fully saturated rings. The Bertz CT molecular complexity index is 823. The number of benzene rings is 1. The summed E-state index contributed by atoms with van der Waals surface area (Å²) < 4.78 is 32.1. The predicted octanol–water partition coefficient (Wildman–Crippen LogP) is 2.93. The summed E-state index contributed by atoms with van der Waals surface area (Å²) in [6, 6.07) is 9.70. The molecule has 6 nitrogen and oxygen atoms in total. The predicted molar refractivity (Wildman–Crippen MR) is 101 cm³/mol. The number of carbonyl (C=O) groups is 1. The van der Waals surface area contributed by atoms with Crippen molar-refractivity contribution in [2.24, 2.45) is 5.92 Å². The van der Waals surface area contributed by atoms with Crippen LogP contribution in [0.2, 0.25) is 0 Å². The second kappa shape index (κ2) is 9.35. The standard InChI is InChI=1S/C19H24N2O4S/c1-15(2)11-12-20-19(22)10-7-16-5-8-18(9-6-16)26(23,24)21-14-17-4-3-13-25-17/h3-10,13,15,21H,11-12,14H2,1-2H3,(H,20,22). The summed E-state index contributed by atoms with van der Waals surface area (Å²) in [5, 5.41) is 2.81. The molecule has 26 heavy (non-hydrogen) atoms. The number of carbonyl (C=O) groups excluding carboxylic acids is 1. The van der Waals surface area contributed by atoms with E-state index in [-0.39, 0.29) is 17.3 Å². The molecule has 1 aromatic heterocycles. The molecule has 0 atom stereocenters. The van der Waals surface area contributed by atoms with Gasteiger partial charge in [-0.15, -0.1) is 0 Å². The molecule has 0 radical (unpaired) electrons. The molecule has 2 rings (SSSR count). The molecule has 0 saturated carbocycles. The second-order valence-corrected chi connectivity index (χ2v) is 8.05. The summed E-state index contributed by atoms with van der Waals surface area (Å²) in [6.07, 6.45) is 5.51. The van der Waals surface area contributed by atoms with E-state index in [9.17, 15) is 13.2 Å². The van der Waals surface area contributed by atoms with Crippen molar-refractivity contribution >= 4 is 22.0 Å². The average Bonchev–Trinajstić information content (AvgIpc) is 3.12. The van der Waals surface area contributed by atoms with Gasteiger partial charge in [0.1, 0.15) is 5.76 Å². The van der Waals surface area contributed by atoms with Crippen molar-refractivity contribution in [1.82, 2.24) is 10.0 Å². The average molecular weight is 376 g/mol. The Morgan fingerprint density at radius 3 is 2.54 bits per heavy atom. The van der Waals surface area contributed by atoms with Crippen LogP contribution in [-0.4, -0.2) is 20.9 Å². The first-order valence-corrected chi connectivity index (χ1v) is 9.93. The maximum Gasteiger partial charge on any atom is 0.243 e. The van der Waals surface area contributed by atoms with Crippen LogP contribution >= 0.6 is 0 Å². The third-order valence-corrected chi connectivity index (χ3v) is 5.07. The normalized spacial score (nSPS) is 12.0. The molecule has 2 N–H and O–H groups in total. The molecular weight excluding hydrogens is 352 g/mol. The van der Waals surface area contributed by atoms with Crippen LogP contribution in [0.1, 0.15) is 31.6 Å². The monoisotopic (exact) mass is 376 g/mol. The van der Waals surface area contributed by atoms with Gasteiger partial charge in [-0.05, 0) is 48.2 Å². The van der Waals surface area contributed by atoms with Crippen molar-refractivity contribution in [1.29, 1.82) is 0 Å². The summed E-state index contributed by atoms with van der Waals surface area (Å²) in [7, 11) is -3.62. The van der Waals surface area contributed by atoms with Gasteiger partial charge in [0.25, 0.3) is 0 Å². The van der Waals surface area contributed by atoms with E-state index in [2.05, 4.69) is 23.9 Å². The van der Waals surface area contributed by atoms with Gasteiger partial charge in [0, 0.05) is 12.6 Å². The topological polar surface area (TPSA) is 88.4 Å². The molecule has 0 aliphatic rings. The Labute approximate surface area is 154 Å². The van der Waals surface area contributed by atoms with Crippen molar-refractivity contribution < 1.29 is 17.6 Å². The molecule has 0 aliphatic heterocycles. The first-order chi connectivity index (χ1) is 12.4. The van der Waals surface area contributed by atoms with Gasteiger partial charge in [0.05, 0.1) is 17.7 Å². The van der Waals surface area contributed by atoms with Crippen molar-refractivity contribution in [3.8, 4) is 0 Å². The number of nitrogens with one attached hydrogen (secondary N) is 2. The van der Waals surface area contributed by atoms with E-state index in [0.29, 0.717) is 18.2 Å². The number of amides is 1. The molecule has 0 unspecified atom stereocenters. The Morgan fingerprint density at radius 1 is 1.19 bits per heavy atom. The lowest BCUT2D eigenvalue weighted by Crippen LogP contribution is -2.23. The van der Waals surface area contributed by atoms with E-state index in [1.165, 1.54) is 24.5 Å². The van der Waals surface area contributed by atoms with Crippen LogP contribution in [0.25, 0.3) is 6.08 Å². The van der Waals surface area contributed by atoms with E-state index in [0.717, 1.165) is 12.0 Å². The molecule has 1 heterocycles. The molecule has 1 amide bonds. The number of sulfonamides is 1. The van der Waals surface area contributed by atoms with Gasteiger partial charge in [-0.1, -0.05) is 26.0 Å². The van der Waals surface area contributed by atoms with Gasteiger partial charge < -0.3 is 9.73 Å². The minimum Gasteiger partial charge on any atom is -0.468 e. The Kier molecular flexibility index (Phi) is 7.17. The molecule has 140 valence electrons. The summed E-state index contributed by atoms with van der Waals surface area (Å²) in [5.74, 6) is 0.911. The Balaban J connectivity index is 1.90. The van der Waals surface area contributed by atoms with Crippen LogP contribution < -0.4 is 10.0 Å². The fourth-order valence-corrected chi connectivity index (χ4v) is 3.13. The van der Waals surface area contributed by atoms with E-state index >= 15 is 0 Å². The Hall–Kier alpha value is -2.38. The number of hydrogen-bond acceptors (Lipinski definition) is 4. The third-order valence-electron chi connectivity index (χ3n) is 3.65. The van der Waals surface area contributed by atoms with E-state index < -0.39 is 10.0 Å². The van der Waals surface area contributed by atoms with Gasteiger partial charge in [-0.2, -0.15) is 0 Å². The maximum atomic E-state index is 12.2. The van der Waals surface area contributed by atoms with Crippen molar-refractivity contribution in [2.75, 3.05) is 6.54 Å². The molecule has 0 saturated heterocycles. The van der Waals surface area contributed by atoms with E-state index in [1.54, 1.807) is 30.3 Å². The van der Waals surface area contributed by atoms with Crippen molar-refractivity contribution in [2.45, 2.75) is 31.7 Å². The largest absolute Gasteiger partial charge is 0.468 e. The van der Waals surface area contributed by atoms with E-state index in [4.69, 9.17) is 4.42 Å².